The predicted octanol–water partition coefficient (Wildman–Crippen LogP) is 2.18. The molecule has 0 saturated heterocycles. The third kappa shape index (κ3) is 4.30. The molecule has 1 atom stereocenters. The molecule has 1 unspecified atom stereocenters. The molecule has 21 heavy (non-hydrogen) atoms. The molecule has 2 N–H and O–H groups in total. The highest BCUT2D eigenvalue weighted by molar-refractivity contribution is 5.77. The fraction of sp³-hybridized carbons (Fsp3) is 0.400. The molecule has 1 aromatic heterocycles. The number of carbonyl (C=O) groups excluding carboxylic acids is 1. The molecule has 2 aromatic rings. The van der Waals surface area contributed by atoms with E-state index in [2.05, 4.69) is 34.3 Å². The first-order valence-electron chi connectivity index (χ1n) is 6.93. The molecule has 0 saturated carbocycles. The molecule has 1 heterocycles. The van der Waals surface area contributed by atoms with Crippen molar-refractivity contribution in [1.29, 1.82) is 0 Å². The van der Waals surface area contributed by atoms with Crippen molar-refractivity contribution in [2.45, 2.75) is 32.7 Å². The molecule has 1 aromatic carbocycles. The zero-order chi connectivity index (χ0) is 15.2. The summed E-state index contributed by atoms with van der Waals surface area (Å²) in [6.07, 6.45) is 1.41. The van der Waals surface area contributed by atoms with Crippen molar-refractivity contribution in [3.63, 3.8) is 0 Å². The first-order chi connectivity index (χ1) is 10.1. The summed E-state index contributed by atoms with van der Waals surface area (Å²) < 4.78 is 5.46. The van der Waals surface area contributed by atoms with Gasteiger partial charge in [0.05, 0.1) is 6.04 Å². The minimum atomic E-state index is -0.230. The van der Waals surface area contributed by atoms with Gasteiger partial charge in [-0.2, -0.15) is 5.10 Å². The van der Waals surface area contributed by atoms with Gasteiger partial charge in [0, 0.05) is 0 Å². The van der Waals surface area contributed by atoms with E-state index in [9.17, 15) is 4.79 Å². The lowest BCUT2D eigenvalue weighted by Gasteiger charge is -2.12. The molecule has 0 aliphatic rings. The summed E-state index contributed by atoms with van der Waals surface area (Å²) in [5, 5.41) is 9.25. The number of aromatic amines is 1. The molecule has 2 rings (SSSR count). The number of aromatic nitrogens is 3. The van der Waals surface area contributed by atoms with Crippen molar-refractivity contribution in [1.82, 2.24) is 20.5 Å². The summed E-state index contributed by atoms with van der Waals surface area (Å²) >= 11 is 0. The summed E-state index contributed by atoms with van der Waals surface area (Å²) in [6, 6.07) is 7.54. The summed E-state index contributed by atoms with van der Waals surface area (Å²) in [4.78, 5) is 15.8. The maximum Gasteiger partial charge on any atom is 0.258 e. The average molecular weight is 288 g/mol. The number of hydrogen-bond acceptors (Lipinski definition) is 4. The normalized spacial score (nSPS) is 12.2. The highest BCUT2D eigenvalue weighted by atomic mass is 16.5. The summed E-state index contributed by atoms with van der Waals surface area (Å²) in [7, 11) is 0. The standard InChI is InChI=1S/C15H20N4O2/c1-10(2)12-4-6-13(7-5-12)21-8-14(20)18-11(3)15-16-9-17-19-15/h4-7,9-11H,8H2,1-3H3,(H,18,20)(H,16,17,19). The van der Waals surface area contributed by atoms with Crippen LogP contribution < -0.4 is 10.1 Å². The number of nitrogens with one attached hydrogen (secondary N) is 2. The van der Waals surface area contributed by atoms with Gasteiger partial charge in [-0.3, -0.25) is 9.89 Å². The Hall–Kier alpha value is -2.37. The van der Waals surface area contributed by atoms with Crippen LogP contribution in [0.15, 0.2) is 30.6 Å². The maximum absolute atomic E-state index is 11.8. The third-order valence-corrected chi connectivity index (χ3v) is 3.14. The summed E-state index contributed by atoms with van der Waals surface area (Å²) in [6.45, 7) is 6.07. The number of rotatable bonds is 6. The van der Waals surface area contributed by atoms with Crippen LogP contribution in [0, 0.1) is 0 Å². The van der Waals surface area contributed by atoms with Crippen LogP contribution in [0.3, 0.4) is 0 Å². The quantitative estimate of drug-likeness (QED) is 0.854. The van der Waals surface area contributed by atoms with Gasteiger partial charge >= 0.3 is 0 Å². The van der Waals surface area contributed by atoms with Crippen LogP contribution in [0.4, 0.5) is 0 Å². The van der Waals surface area contributed by atoms with Crippen LogP contribution in [-0.4, -0.2) is 27.7 Å². The van der Waals surface area contributed by atoms with Crippen LogP contribution in [0.2, 0.25) is 0 Å². The molecule has 6 heteroatoms. The number of benzene rings is 1. The lowest BCUT2D eigenvalue weighted by Crippen LogP contribution is -2.31. The van der Waals surface area contributed by atoms with E-state index in [1.807, 2.05) is 31.2 Å². The summed E-state index contributed by atoms with van der Waals surface area (Å²) in [5.41, 5.74) is 1.24. The fourth-order valence-electron chi connectivity index (χ4n) is 1.87. The van der Waals surface area contributed by atoms with Crippen LogP contribution in [0.5, 0.6) is 5.75 Å². The Morgan fingerprint density at radius 1 is 1.29 bits per heavy atom. The van der Waals surface area contributed by atoms with Gasteiger partial charge in [-0.05, 0) is 30.5 Å². The molecule has 1 amide bonds. The zero-order valence-electron chi connectivity index (χ0n) is 12.5. The second-order valence-corrected chi connectivity index (χ2v) is 5.17. The number of carbonyl (C=O) groups is 1. The highest BCUT2D eigenvalue weighted by Crippen LogP contribution is 2.18. The molecular formula is C15H20N4O2. The first-order valence-corrected chi connectivity index (χ1v) is 6.93. The minimum absolute atomic E-state index is 0.0283. The van der Waals surface area contributed by atoms with Crippen LogP contribution in [0.25, 0.3) is 0 Å². The topological polar surface area (TPSA) is 79.9 Å². The van der Waals surface area contributed by atoms with Gasteiger partial charge in [0.25, 0.3) is 5.91 Å². The van der Waals surface area contributed by atoms with E-state index in [-0.39, 0.29) is 18.6 Å². The second kappa shape index (κ2) is 6.88. The van der Waals surface area contributed by atoms with Crippen molar-refractivity contribution in [3.8, 4) is 5.75 Å². The smallest absolute Gasteiger partial charge is 0.258 e. The predicted molar refractivity (Wildman–Crippen MR) is 79.0 cm³/mol. The SMILES string of the molecule is CC(C)c1ccc(OCC(=O)NC(C)c2ncn[nH]2)cc1. The van der Waals surface area contributed by atoms with Crippen molar-refractivity contribution < 1.29 is 9.53 Å². The van der Waals surface area contributed by atoms with Gasteiger partial charge in [0.15, 0.2) is 6.61 Å². The second-order valence-electron chi connectivity index (χ2n) is 5.17. The molecule has 6 nitrogen and oxygen atoms in total. The monoisotopic (exact) mass is 288 g/mol. The summed E-state index contributed by atoms with van der Waals surface area (Å²) in [5.74, 6) is 1.57. The molecule has 112 valence electrons. The van der Waals surface area contributed by atoms with Gasteiger partial charge < -0.3 is 10.1 Å². The number of hydrogen-bond donors (Lipinski definition) is 2. The molecule has 0 bridgehead atoms. The zero-order valence-corrected chi connectivity index (χ0v) is 12.5. The average Bonchev–Trinajstić information content (AvgIpc) is 3.00. The fourth-order valence-corrected chi connectivity index (χ4v) is 1.87. The molecule has 0 radical (unpaired) electrons. The minimum Gasteiger partial charge on any atom is -0.484 e. The van der Waals surface area contributed by atoms with E-state index in [0.29, 0.717) is 17.5 Å². The number of ether oxygens (including phenoxy) is 1. The largest absolute Gasteiger partial charge is 0.484 e. The maximum atomic E-state index is 11.8. The van der Waals surface area contributed by atoms with E-state index in [1.54, 1.807) is 0 Å². The molecule has 0 aliphatic carbocycles. The van der Waals surface area contributed by atoms with Crippen LogP contribution >= 0.6 is 0 Å². The van der Waals surface area contributed by atoms with Crippen molar-refractivity contribution in [2.75, 3.05) is 6.61 Å². The van der Waals surface area contributed by atoms with Gasteiger partial charge in [-0.25, -0.2) is 4.98 Å². The van der Waals surface area contributed by atoms with Crippen LogP contribution in [0.1, 0.15) is 44.1 Å². The number of nitrogens with zero attached hydrogens (tertiary/aromatic N) is 2. The Morgan fingerprint density at radius 2 is 2.00 bits per heavy atom. The van der Waals surface area contributed by atoms with E-state index in [4.69, 9.17) is 4.74 Å². The number of H-pyrrole nitrogens is 1. The van der Waals surface area contributed by atoms with Crippen molar-refractivity contribution in [2.24, 2.45) is 0 Å². The molecule has 0 spiro atoms. The lowest BCUT2D eigenvalue weighted by atomic mass is 10.0. The van der Waals surface area contributed by atoms with E-state index in [1.165, 1.54) is 11.9 Å². The third-order valence-electron chi connectivity index (χ3n) is 3.14. The number of amides is 1. The van der Waals surface area contributed by atoms with Gasteiger partial charge in [0.1, 0.15) is 17.9 Å². The Kier molecular flexibility index (Phi) is 4.92. The van der Waals surface area contributed by atoms with Crippen LogP contribution in [-0.2, 0) is 4.79 Å². The lowest BCUT2D eigenvalue weighted by molar-refractivity contribution is -0.123. The van der Waals surface area contributed by atoms with Gasteiger partial charge in [-0.1, -0.05) is 26.0 Å². The Balaban J connectivity index is 1.81. The van der Waals surface area contributed by atoms with E-state index < -0.39 is 0 Å². The van der Waals surface area contributed by atoms with Gasteiger partial charge in [0.2, 0.25) is 0 Å². The van der Waals surface area contributed by atoms with E-state index in [0.717, 1.165) is 0 Å². The van der Waals surface area contributed by atoms with Crippen molar-refractivity contribution >= 4 is 5.91 Å². The van der Waals surface area contributed by atoms with Gasteiger partial charge in [-0.15, -0.1) is 0 Å². The molecule has 0 fully saturated rings. The first kappa shape index (κ1) is 15.0. The molecular weight excluding hydrogens is 268 g/mol. The van der Waals surface area contributed by atoms with Crippen molar-refractivity contribution in [3.05, 3.63) is 42.0 Å². The Morgan fingerprint density at radius 3 is 2.57 bits per heavy atom. The molecule has 0 aliphatic heterocycles. The Labute approximate surface area is 123 Å². The highest BCUT2D eigenvalue weighted by Gasteiger charge is 2.12. The van der Waals surface area contributed by atoms with E-state index >= 15 is 0 Å². The Bertz CT molecular complexity index is 564.